The second-order valence-electron chi connectivity index (χ2n) is 6.15. The number of anilines is 1. The largest absolute Gasteiger partial charge is 0.416 e. The van der Waals surface area contributed by atoms with Crippen molar-refractivity contribution in [3.8, 4) is 11.3 Å². The molecule has 4 rings (SSSR count). The monoisotopic (exact) mass is 415 g/mol. The average Bonchev–Trinajstić information content (AvgIpc) is 3.16. The molecule has 146 valence electrons. The molecular formula is C20H12F3N3O2S. The molecule has 0 saturated heterocycles. The number of fused-ring (bicyclic) bond motifs is 1. The number of aromatic nitrogens is 2. The van der Waals surface area contributed by atoms with Crippen molar-refractivity contribution in [2.45, 2.75) is 6.18 Å². The maximum atomic E-state index is 12.8. The van der Waals surface area contributed by atoms with E-state index >= 15 is 0 Å². The molecule has 4 aromatic rings. The number of alkyl halides is 3. The Bertz CT molecular complexity index is 1260. The van der Waals surface area contributed by atoms with E-state index in [1.165, 1.54) is 11.3 Å². The summed E-state index contributed by atoms with van der Waals surface area (Å²) in [5, 5.41) is 4.63. The van der Waals surface area contributed by atoms with E-state index in [1.54, 1.807) is 5.38 Å². The van der Waals surface area contributed by atoms with Gasteiger partial charge < -0.3 is 4.98 Å². The van der Waals surface area contributed by atoms with Gasteiger partial charge in [-0.05, 0) is 18.2 Å². The van der Waals surface area contributed by atoms with Crippen molar-refractivity contribution in [1.82, 2.24) is 9.97 Å². The van der Waals surface area contributed by atoms with E-state index in [9.17, 15) is 22.8 Å². The lowest BCUT2D eigenvalue weighted by molar-refractivity contribution is -0.137. The number of benzene rings is 2. The van der Waals surface area contributed by atoms with Crippen LogP contribution < -0.4 is 10.7 Å². The van der Waals surface area contributed by atoms with E-state index in [4.69, 9.17) is 0 Å². The van der Waals surface area contributed by atoms with Gasteiger partial charge in [-0.15, -0.1) is 11.3 Å². The zero-order valence-electron chi connectivity index (χ0n) is 14.6. The number of aromatic amines is 1. The SMILES string of the molecule is O=C(Nc1nc(-c2ccccc2)cs1)c1c[nH]c2cc(C(F)(F)F)ccc2c1=O. The van der Waals surface area contributed by atoms with E-state index in [-0.39, 0.29) is 16.5 Å². The molecule has 0 aliphatic carbocycles. The van der Waals surface area contributed by atoms with Crippen LogP contribution in [-0.2, 0) is 6.18 Å². The number of amides is 1. The molecule has 0 aliphatic heterocycles. The number of carbonyl (C=O) groups excluding carboxylic acids is 1. The Balaban J connectivity index is 1.61. The van der Waals surface area contributed by atoms with Gasteiger partial charge in [-0.1, -0.05) is 30.3 Å². The number of carbonyl (C=O) groups is 1. The van der Waals surface area contributed by atoms with E-state index in [0.717, 1.165) is 30.0 Å². The minimum Gasteiger partial charge on any atom is -0.360 e. The fourth-order valence-electron chi connectivity index (χ4n) is 2.80. The third-order valence-electron chi connectivity index (χ3n) is 4.25. The topological polar surface area (TPSA) is 74.8 Å². The summed E-state index contributed by atoms with van der Waals surface area (Å²) in [6.45, 7) is 0. The van der Waals surface area contributed by atoms with Gasteiger partial charge in [-0.25, -0.2) is 4.98 Å². The minimum atomic E-state index is -4.53. The molecule has 0 spiro atoms. The lowest BCUT2D eigenvalue weighted by Crippen LogP contribution is -2.22. The average molecular weight is 415 g/mol. The molecule has 0 bridgehead atoms. The van der Waals surface area contributed by atoms with Crippen molar-refractivity contribution in [3.63, 3.8) is 0 Å². The number of thiazole rings is 1. The van der Waals surface area contributed by atoms with Crippen LogP contribution in [0.4, 0.5) is 18.3 Å². The standard InChI is InChI=1S/C20H12F3N3O2S/c21-20(22,23)12-6-7-13-15(8-12)24-9-14(17(13)27)18(28)26-19-25-16(10-29-19)11-4-2-1-3-5-11/h1-10H,(H,24,27)(H,25,26,28). The number of nitrogens with one attached hydrogen (secondary N) is 2. The van der Waals surface area contributed by atoms with Gasteiger partial charge >= 0.3 is 6.18 Å². The number of halogens is 3. The summed E-state index contributed by atoms with van der Waals surface area (Å²) in [4.78, 5) is 32.0. The highest BCUT2D eigenvalue weighted by Gasteiger charge is 2.30. The molecule has 2 heterocycles. The van der Waals surface area contributed by atoms with Crippen LogP contribution >= 0.6 is 11.3 Å². The van der Waals surface area contributed by atoms with Gasteiger partial charge in [0.25, 0.3) is 5.91 Å². The van der Waals surface area contributed by atoms with Crippen LogP contribution in [0.5, 0.6) is 0 Å². The molecule has 1 amide bonds. The highest BCUT2D eigenvalue weighted by Crippen LogP contribution is 2.30. The van der Waals surface area contributed by atoms with Gasteiger partial charge in [0, 0.05) is 28.0 Å². The summed E-state index contributed by atoms with van der Waals surface area (Å²) in [7, 11) is 0. The molecule has 0 aliphatic rings. The quantitative estimate of drug-likeness (QED) is 0.499. The molecule has 5 nitrogen and oxygen atoms in total. The smallest absolute Gasteiger partial charge is 0.360 e. The molecule has 9 heteroatoms. The first-order chi connectivity index (χ1) is 13.8. The second-order valence-corrected chi connectivity index (χ2v) is 7.01. The lowest BCUT2D eigenvalue weighted by Gasteiger charge is -2.08. The van der Waals surface area contributed by atoms with Gasteiger partial charge in [0.1, 0.15) is 5.56 Å². The summed E-state index contributed by atoms with van der Waals surface area (Å²) in [5.74, 6) is -0.693. The van der Waals surface area contributed by atoms with Crippen molar-refractivity contribution in [3.05, 3.63) is 81.5 Å². The first-order valence-electron chi connectivity index (χ1n) is 8.38. The first-order valence-corrected chi connectivity index (χ1v) is 9.26. The second kappa shape index (κ2) is 7.17. The Labute approximate surface area is 165 Å². The van der Waals surface area contributed by atoms with Crippen LogP contribution in [0, 0.1) is 0 Å². The number of rotatable bonds is 3. The summed E-state index contributed by atoms with van der Waals surface area (Å²) < 4.78 is 38.5. The van der Waals surface area contributed by atoms with E-state index in [1.807, 2.05) is 30.3 Å². The molecule has 0 radical (unpaired) electrons. The zero-order valence-corrected chi connectivity index (χ0v) is 15.4. The molecule has 0 unspecified atom stereocenters. The van der Waals surface area contributed by atoms with Crippen LogP contribution in [0.25, 0.3) is 22.2 Å². The van der Waals surface area contributed by atoms with Crippen LogP contribution in [0.2, 0.25) is 0 Å². The Morgan fingerprint density at radius 2 is 1.86 bits per heavy atom. The van der Waals surface area contributed by atoms with Gasteiger partial charge in [0.05, 0.1) is 11.3 Å². The fraction of sp³-hybridized carbons (Fsp3) is 0.0500. The van der Waals surface area contributed by atoms with Crippen LogP contribution in [0.3, 0.4) is 0 Å². The lowest BCUT2D eigenvalue weighted by atomic mass is 10.1. The van der Waals surface area contributed by atoms with Crippen molar-refractivity contribution in [2.75, 3.05) is 5.32 Å². The summed E-state index contributed by atoms with van der Waals surface area (Å²) in [6, 6.07) is 12.1. The minimum absolute atomic E-state index is 0.00184. The maximum Gasteiger partial charge on any atom is 0.416 e. The summed E-state index contributed by atoms with van der Waals surface area (Å²) in [5.41, 5.74) is -0.194. The van der Waals surface area contributed by atoms with E-state index < -0.39 is 23.1 Å². The predicted octanol–water partition coefficient (Wildman–Crippen LogP) is 4.92. The molecule has 0 saturated carbocycles. The Kier molecular flexibility index (Phi) is 4.67. The Hall–Kier alpha value is -3.46. The molecule has 0 atom stereocenters. The number of pyridine rings is 1. The molecule has 0 fully saturated rings. The van der Waals surface area contributed by atoms with Crippen LogP contribution in [0.15, 0.2) is 64.9 Å². The number of H-pyrrole nitrogens is 1. The Morgan fingerprint density at radius 1 is 1.10 bits per heavy atom. The van der Waals surface area contributed by atoms with Crippen molar-refractivity contribution in [2.24, 2.45) is 0 Å². The van der Waals surface area contributed by atoms with E-state index in [0.29, 0.717) is 10.8 Å². The molecular weight excluding hydrogens is 403 g/mol. The van der Waals surface area contributed by atoms with Gasteiger partial charge in [-0.2, -0.15) is 13.2 Å². The predicted molar refractivity (Wildman–Crippen MR) is 105 cm³/mol. The highest BCUT2D eigenvalue weighted by atomic mass is 32.1. The fourth-order valence-corrected chi connectivity index (χ4v) is 3.52. The normalized spacial score (nSPS) is 11.6. The van der Waals surface area contributed by atoms with Crippen molar-refractivity contribution in [1.29, 1.82) is 0 Å². The number of hydrogen-bond acceptors (Lipinski definition) is 4. The molecule has 2 N–H and O–H groups in total. The molecule has 2 aromatic heterocycles. The first kappa shape index (κ1) is 18.9. The summed E-state index contributed by atoms with van der Waals surface area (Å²) >= 11 is 1.20. The third kappa shape index (κ3) is 3.77. The van der Waals surface area contributed by atoms with Gasteiger partial charge in [0.2, 0.25) is 5.43 Å². The van der Waals surface area contributed by atoms with Crippen molar-refractivity contribution >= 4 is 33.3 Å². The number of nitrogens with zero attached hydrogens (tertiary/aromatic N) is 1. The van der Waals surface area contributed by atoms with Gasteiger partial charge in [0.15, 0.2) is 5.13 Å². The zero-order chi connectivity index (χ0) is 20.6. The molecule has 29 heavy (non-hydrogen) atoms. The van der Waals surface area contributed by atoms with Crippen molar-refractivity contribution < 1.29 is 18.0 Å². The maximum absolute atomic E-state index is 12.8. The van der Waals surface area contributed by atoms with Crippen LogP contribution in [-0.4, -0.2) is 15.9 Å². The molecule has 2 aromatic carbocycles. The Morgan fingerprint density at radius 3 is 2.59 bits per heavy atom. The van der Waals surface area contributed by atoms with E-state index in [2.05, 4.69) is 15.3 Å². The third-order valence-corrected chi connectivity index (χ3v) is 5.00. The van der Waals surface area contributed by atoms with Gasteiger partial charge in [-0.3, -0.25) is 14.9 Å². The van der Waals surface area contributed by atoms with Crippen LogP contribution in [0.1, 0.15) is 15.9 Å². The number of hydrogen-bond donors (Lipinski definition) is 2. The highest BCUT2D eigenvalue weighted by molar-refractivity contribution is 7.14. The summed E-state index contributed by atoms with van der Waals surface area (Å²) in [6.07, 6.45) is -3.42.